The fraction of sp³-hybridized carbons (Fsp3) is 0.571. The van der Waals surface area contributed by atoms with Crippen molar-refractivity contribution in [2.45, 2.75) is 12.8 Å². The van der Waals surface area contributed by atoms with Crippen molar-refractivity contribution in [1.82, 2.24) is 5.32 Å². The molecule has 0 spiro atoms. The lowest BCUT2D eigenvalue weighted by atomic mass is 9.99. The molecule has 1 aliphatic rings. The smallest absolute Gasteiger partial charge is 0.275 e. The Hall–Kier alpha value is -1.82. The highest BCUT2D eigenvalue weighted by Crippen LogP contribution is 2.28. The standard InChI is InChI=1S/C14H21N3O3/c1-16(10-11-4-3-5-15-9-11)12-6-13(17(18)19)8-14(7-12)20-2/h6-8,11,15H,3-5,9-10H2,1-2H3. The van der Waals surface area contributed by atoms with E-state index in [1.54, 1.807) is 6.07 Å². The van der Waals surface area contributed by atoms with Gasteiger partial charge in [0.05, 0.1) is 18.1 Å². The van der Waals surface area contributed by atoms with E-state index in [9.17, 15) is 10.1 Å². The zero-order valence-electron chi connectivity index (χ0n) is 12.0. The first kappa shape index (κ1) is 14.6. The highest BCUT2D eigenvalue weighted by molar-refractivity contribution is 5.57. The van der Waals surface area contributed by atoms with Gasteiger partial charge in [0.2, 0.25) is 0 Å². The minimum atomic E-state index is -0.387. The predicted molar refractivity (Wildman–Crippen MR) is 78.5 cm³/mol. The number of methoxy groups -OCH3 is 1. The van der Waals surface area contributed by atoms with E-state index in [1.165, 1.54) is 26.0 Å². The van der Waals surface area contributed by atoms with Crippen molar-refractivity contribution in [3.63, 3.8) is 0 Å². The third-order valence-corrected chi connectivity index (χ3v) is 3.69. The van der Waals surface area contributed by atoms with Gasteiger partial charge in [-0.1, -0.05) is 0 Å². The molecule has 1 fully saturated rings. The van der Waals surface area contributed by atoms with Gasteiger partial charge in [0.25, 0.3) is 5.69 Å². The number of ether oxygens (including phenoxy) is 1. The van der Waals surface area contributed by atoms with Gasteiger partial charge in [-0.25, -0.2) is 0 Å². The van der Waals surface area contributed by atoms with Crippen LogP contribution in [0.4, 0.5) is 11.4 Å². The summed E-state index contributed by atoms with van der Waals surface area (Å²) < 4.78 is 5.14. The largest absolute Gasteiger partial charge is 0.496 e. The summed E-state index contributed by atoms with van der Waals surface area (Å²) in [6.07, 6.45) is 2.39. The molecule has 1 saturated heterocycles. The van der Waals surface area contributed by atoms with Gasteiger partial charge in [-0.2, -0.15) is 0 Å². The van der Waals surface area contributed by atoms with Gasteiger partial charge in [0.15, 0.2) is 0 Å². The molecule has 0 saturated carbocycles. The van der Waals surface area contributed by atoms with E-state index >= 15 is 0 Å². The number of hydrogen-bond donors (Lipinski definition) is 1. The molecule has 6 nitrogen and oxygen atoms in total. The maximum atomic E-state index is 11.0. The maximum absolute atomic E-state index is 11.0. The number of nitrogens with zero attached hydrogens (tertiary/aromatic N) is 2. The molecule has 1 aliphatic heterocycles. The summed E-state index contributed by atoms with van der Waals surface area (Å²) in [6, 6.07) is 4.88. The molecule has 1 aromatic rings. The van der Waals surface area contributed by atoms with Crippen LogP contribution >= 0.6 is 0 Å². The van der Waals surface area contributed by atoms with Crippen LogP contribution in [0.3, 0.4) is 0 Å². The van der Waals surface area contributed by atoms with Gasteiger partial charge in [-0.15, -0.1) is 0 Å². The van der Waals surface area contributed by atoms with Crippen LogP contribution in [0, 0.1) is 16.0 Å². The van der Waals surface area contributed by atoms with Crippen molar-refractivity contribution < 1.29 is 9.66 Å². The lowest BCUT2D eigenvalue weighted by Gasteiger charge is -2.29. The molecular weight excluding hydrogens is 258 g/mol. The maximum Gasteiger partial charge on any atom is 0.275 e. The number of piperidine rings is 1. The van der Waals surface area contributed by atoms with Crippen LogP contribution in [-0.2, 0) is 0 Å². The van der Waals surface area contributed by atoms with Crippen molar-refractivity contribution in [2.24, 2.45) is 5.92 Å². The zero-order chi connectivity index (χ0) is 14.5. The first-order valence-electron chi connectivity index (χ1n) is 6.85. The molecular formula is C14H21N3O3. The van der Waals surface area contributed by atoms with Crippen molar-refractivity contribution in [3.05, 3.63) is 28.3 Å². The average Bonchev–Trinajstić information content (AvgIpc) is 2.47. The van der Waals surface area contributed by atoms with Crippen LogP contribution in [0.1, 0.15) is 12.8 Å². The minimum absolute atomic E-state index is 0.0629. The molecule has 1 aromatic carbocycles. The fourth-order valence-corrected chi connectivity index (χ4v) is 2.58. The van der Waals surface area contributed by atoms with Gasteiger partial charge in [-0.05, 0) is 31.8 Å². The number of hydrogen-bond acceptors (Lipinski definition) is 5. The number of non-ortho nitro benzene ring substituents is 1. The van der Waals surface area contributed by atoms with Crippen LogP contribution in [0.15, 0.2) is 18.2 Å². The van der Waals surface area contributed by atoms with Crippen LogP contribution in [0.5, 0.6) is 5.75 Å². The fourth-order valence-electron chi connectivity index (χ4n) is 2.58. The molecule has 6 heteroatoms. The van der Waals surface area contributed by atoms with Crippen LogP contribution < -0.4 is 15.0 Å². The van der Waals surface area contributed by atoms with Crippen molar-refractivity contribution in [3.8, 4) is 5.75 Å². The third kappa shape index (κ3) is 3.60. The van der Waals surface area contributed by atoms with E-state index in [1.807, 2.05) is 13.1 Å². The third-order valence-electron chi connectivity index (χ3n) is 3.69. The summed E-state index contributed by atoms with van der Waals surface area (Å²) in [5, 5.41) is 14.3. The summed E-state index contributed by atoms with van der Waals surface area (Å²) in [5.41, 5.74) is 0.884. The highest BCUT2D eigenvalue weighted by atomic mass is 16.6. The Bertz CT molecular complexity index is 473. The molecule has 1 N–H and O–H groups in total. The van der Waals surface area contributed by atoms with E-state index in [0.29, 0.717) is 11.7 Å². The topological polar surface area (TPSA) is 67.6 Å². The van der Waals surface area contributed by atoms with Crippen LogP contribution in [0.2, 0.25) is 0 Å². The van der Waals surface area contributed by atoms with Crippen LogP contribution in [-0.4, -0.2) is 38.7 Å². The molecule has 1 unspecified atom stereocenters. The molecule has 1 atom stereocenters. The number of nitro benzene ring substituents is 1. The second kappa shape index (κ2) is 6.56. The van der Waals surface area contributed by atoms with E-state index in [2.05, 4.69) is 10.2 Å². The Morgan fingerprint density at radius 2 is 2.30 bits per heavy atom. The molecule has 0 amide bonds. The average molecular weight is 279 g/mol. The molecule has 0 radical (unpaired) electrons. The summed E-state index contributed by atoms with van der Waals surface area (Å²) in [4.78, 5) is 12.6. The van der Waals surface area contributed by atoms with Gasteiger partial charge < -0.3 is 15.0 Å². The molecule has 1 heterocycles. The molecule has 0 bridgehead atoms. The van der Waals surface area contributed by atoms with E-state index in [0.717, 1.165) is 25.3 Å². The Labute approximate surface area is 118 Å². The second-order valence-corrected chi connectivity index (χ2v) is 5.24. The van der Waals surface area contributed by atoms with Crippen molar-refractivity contribution in [1.29, 1.82) is 0 Å². The summed E-state index contributed by atoms with van der Waals surface area (Å²) in [5.74, 6) is 1.10. The van der Waals surface area contributed by atoms with Gasteiger partial charge in [0, 0.05) is 31.4 Å². The predicted octanol–water partition coefficient (Wildman–Crippen LogP) is 2.04. The Kier molecular flexibility index (Phi) is 4.79. The number of anilines is 1. The summed E-state index contributed by atoms with van der Waals surface area (Å²) in [6.45, 7) is 2.98. The van der Waals surface area contributed by atoms with Crippen molar-refractivity contribution in [2.75, 3.05) is 38.7 Å². The SMILES string of the molecule is COc1cc(N(C)CC2CCCNC2)cc([N+](=O)[O-])c1. The molecule has 0 aliphatic carbocycles. The van der Waals surface area contributed by atoms with E-state index < -0.39 is 0 Å². The van der Waals surface area contributed by atoms with Gasteiger partial charge >= 0.3 is 0 Å². The second-order valence-electron chi connectivity index (χ2n) is 5.24. The molecule has 110 valence electrons. The lowest BCUT2D eigenvalue weighted by molar-refractivity contribution is -0.384. The lowest BCUT2D eigenvalue weighted by Crippen LogP contribution is -2.36. The monoisotopic (exact) mass is 279 g/mol. The first-order valence-corrected chi connectivity index (χ1v) is 6.85. The van der Waals surface area contributed by atoms with Crippen molar-refractivity contribution >= 4 is 11.4 Å². The molecule has 2 rings (SSSR count). The normalized spacial score (nSPS) is 18.6. The summed E-state index contributed by atoms with van der Waals surface area (Å²) >= 11 is 0. The quantitative estimate of drug-likeness (QED) is 0.660. The minimum Gasteiger partial charge on any atom is -0.496 e. The van der Waals surface area contributed by atoms with E-state index in [4.69, 9.17) is 4.74 Å². The summed E-state index contributed by atoms with van der Waals surface area (Å²) in [7, 11) is 3.49. The van der Waals surface area contributed by atoms with Gasteiger partial charge in [0.1, 0.15) is 5.75 Å². The number of benzene rings is 1. The first-order chi connectivity index (χ1) is 9.60. The number of nitrogens with one attached hydrogen (secondary N) is 1. The Morgan fingerprint density at radius 1 is 1.50 bits per heavy atom. The molecule has 20 heavy (non-hydrogen) atoms. The van der Waals surface area contributed by atoms with E-state index in [-0.39, 0.29) is 10.6 Å². The number of rotatable bonds is 5. The van der Waals surface area contributed by atoms with Gasteiger partial charge in [-0.3, -0.25) is 10.1 Å². The highest BCUT2D eigenvalue weighted by Gasteiger charge is 2.17. The zero-order valence-corrected chi connectivity index (χ0v) is 12.0. The van der Waals surface area contributed by atoms with Crippen LogP contribution in [0.25, 0.3) is 0 Å². The molecule has 0 aromatic heterocycles. The Balaban J connectivity index is 2.13. The Morgan fingerprint density at radius 3 is 2.90 bits per heavy atom. The number of nitro groups is 1.